The topological polar surface area (TPSA) is 21.3 Å². The predicted molar refractivity (Wildman–Crippen MR) is 71.8 cm³/mol. The zero-order valence-electron chi connectivity index (χ0n) is 10.5. The van der Waals surface area contributed by atoms with Crippen molar-refractivity contribution in [2.24, 2.45) is 0 Å². The largest absolute Gasteiger partial charge is 0.491 e. The van der Waals surface area contributed by atoms with E-state index in [1.807, 2.05) is 0 Å². The van der Waals surface area contributed by atoms with E-state index in [1.54, 1.807) is 0 Å². The monoisotopic (exact) mass is 243 g/mol. The lowest BCUT2D eigenvalue weighted by Gasteiger charge is -2.16. The van der Waals surface area contributed by atoms with Gasteiger partial charge in [-0.2, -0.15) is 0 Å². The second-order valence-corrected chi connectivity index (χ2v) is 3.99. The highest BCUT2D eigenvalue weighted by Gasteiger charge is 2.05. The average molecular weight is 244 g/mol. The Labute approximate surface area is 105 Å². The molecule has 16 heavy (non-hydrogen) atoms. The Morgan fingerprint density at radius 3 is 2.31 bits per heavy atom. The van der Waals surface area contributed by atoms with Crippen LogP contribution in [0.5, 0.6) is 5.75 Å². The van der Waals surface area contributed by atoms with Crippen molar-refractivity contribution in [1.29, 1.82) is 0 Å². The summed E-state index contributed by atoms with van der Waals surface area (Å²) < 4.78 is 5.82. The molecule has 1 aromatic rings. The predicted octanol–water partition coefficient (Wildman–Crippen LogP) is 3.10. The highest BCUT2D eigenvalue weighted by molar-refractivity contribution is 5.85. The van der Waals surface area contributed by atoms with E-state index in [-0.39, 0.29) is 12.4 Å². The van der Waals surface area contributed by atoms with Crippen LogP contribution in [0.25, 0.3) is 0 Å². The molecule has 2 nitrogen and oxygen atoms in total. The minimum atomic E-state index is 0. The average Bonchev–Trinajstić information content (AvgIpc) is 2.17. The molecule has 1 N–H and O–H groups in total. The number of aryl methyl sites for hydroxylation is 2. The highest BCUT2D eigenvalue weighted by Crippen LogP contribution is 2.22. The van der Waals surface area contributed by atoms with E-state index in [4.69, 9.17) is 4.74 Å². The van der Waals surface area contributed by atoms with E-state index in [0.29, 0.717) is 6.04 Å². The van der Waals surface area contributed by atoms with Gasteiger partial charge in [0.1, 0.15) is 12.4 Å². The van der Waals surface area contributed by atoms with Crippen LogP contribution in [0.1, 0.15) is 25.0 Å². The fourth-order valence-electron chi connectivity index (χ4n) is 1.64. The van der Waals surface area contributed by atoms with E-state index in [9.17, 15) is 0 Å². The Balaban J connectivity index is 0.00000225. The lowest BCUT2D eigenvalue weighted by Crippen LogP contribution is -2.31. The van der Waals surface area contributed by atoms with Crippen LogP contribution in [-0.4, -0.2) is 19.2 Å². The second-order valence-electron chi connectivity index (χ2n) is 3.99. The lowest BCUT2D eigenvalue weighted by molar-refractivity contribution is 0.272. The van der Waals surface area contributed by atoms with Crippen molar-refractivity contribution in [1.82, 2.24) is 5.32 Å². The summed E-state index contributed by atoms with van der Waals surface area (Å²) in [6, 6.07) is 6.63. The summed E-state index contributed by atoms with van der Waals surface area (Å²) >= 11 is 0. The molecule has 1 atom stereocenters. The molecule has 0 aliphatic heterocycles. The number of benzene rings is 1. The molecule has 0 aliphatic carbocycles. The van der Waals surface area contributed by atoms with Crippen molar-refractivity contribution in [3.63, 3.8) is 0 Å². The molecule has 0 fully saturated rings. The first-order valence-electron chi connectivity index (χ1n) is 5.57. The van der Waals surface area contributed by atoms with Gasteiger partial charge in [0.05, 0.1) is 0 Å². The van der Waals surface area contributed by atoms with E-state index in [1.165, 1.54) is 11.1 Å². The first-order chi connectivity index (χ1) is 7.15. The van der Waals surface area contributed by atoms with Gasteiger partial charge in [0, 0.05) is 6.04 Å². The molecule has 0 amide bonds. The molecular formula is C13H22ClNO. The Morgan fingerprint density at radius 2 is 1.81 bits per heavy atom. The smallest absolute Gasteiger partial charge is 0.125 e. The van der Waals surface area contributed by atoms with E-state index < -0.39 is 0 Å². The van der Waals surface area contributed by atoms with Gasteiger partial charge < -0.3 is 10.1 Å². The molecule has 1 rings (SSSR count). The summed E-state index contributed by atoms with van der Waals surface area (Å²) in [4.78, 5) is 0. The third-order valence-corrected chi connectivity index (χ3v) is 2.44. The molecule has 0 aliphatic rings. The summed E-state index contributed by atoms with van der Waals surface area (Å²) in [5.41, 5.74) is 2.41. The summed E-state index contributed by atoms with van der Waals surface area (Å²) in [5.74, 6) is 1.03. The molecule has 0 heterocycles. The molecule has 0 radical (unpaired) electrons. The molecule has 0 aromatic heterocycles. The SMILES string of the molecule is CCN[C@H](C)COc1c(C)cccc1C.Cl. The number of hydrogen-bond donors (Lipinski definition) is 1. The zero-order chi connectivity index (χ0) is 11.3. The fraction of sp³-hybridized carbons (Fsp3) is 0.538. The van der Waals surface area contributed by atoms with Crippen LogP contribution in [0.3, 0.4) is 0 Å². The maximum atomic E-state index is 5.82. The molecule has 0 bridgehead atoms. The quantitative estimate of drug-likeness (QED) is 0.858. The van der Waals surface area contributed by atoms with E-state index >= 15 is 0 Å². The van der Waals surface area contributed by atoms with Gasteiger partial charge in [0.15, 0.2) is 0 Å². The van der Waals surface area contributed by atoms with Gasteiger partial charge in [-0.05, 0) is 38.4 Å². The number of hydrogen-bond acceptors (Lipinski definition) is 2. The Hall–Kier alpha value is -0.730. The summed E-state index contributed by atoms with van der Waals surface area (Å²) in [6.45, 7) is 10.1. The van der Waals surface area contributed by atoms with Gasteiger partial charge in [-0.3, -0.25) is 0 Å². The number of likely N-dealkylation sites (N-methyl/N-ethyl adjacent to an activating group) is 1. The zero-order valence-corrected chi connectivity index (χ0v) is 11.4. The molecular weight excluding hydrogens is 222 g/mol. The normalized spacial score (nSPS) is 11.8. The van der Waals surface area contributed by atoms with Gasteiger partial charge in [0.2, 0.25) is 0 Å². The van der Waals surface area contributed by atoms with Gasteiger partial charge >= 0.3 is 0 Å². The van der Waals surface area contributed by atoms with Crippen LogP contribution in [-0.2, 0) is 0 Å². The van der Waals surface area contributed by atoms with Gasteiger partial charge in [-0.15, -0.1) is 12.4 Å². The molecule has 1 aromatic carbocycles. The first-order valence-corrected chi connectivity index (χ1v) is 5.57. The highest BCUT2D eigenvalue weighted by atomic mass is 35.5. The van der Waals surface area contributed by atoms with Crippen LogP contribution in [0, 0.1) is 13.8 Å². The number of nitrogens with one attached hydrogen (secondary N) is 1. The molecule has 0 saturated carbocycles. The minimum Gasteiger partial charge on any atom is -0.491 e. The van der Waals surface area contributed by atoms with Crippen molar-refractivity contribution in [3.8, 4) is 5.75 Å². The molecule has 3 heteroatoms. The molecule has 0 unspecified atom stereocenters. The molecule has 0 saturated heterocycles. The van der Waals surface area contributed by atoms with E-state index in [0.717, 1.165) is 18.9 Å². The van der Waals surface area contributed by atoms with Crippen LogP contribution < -0.4 is 10.1 Å². The summed E-state index contributed by atoms with van der Waals surface area (Å²) in [7, 11) is 0. The summed E-state index contributed by atoms with van der Waals surface area (Å²) in [6.07, 6.45) is 0. The number of ether oxygens (including phenoxy) is 1. The van der Waals surface area contributed by atoms with Crippen LogP contribution in [0.15, 0.2) is 18.2 Å². The van der Waals surface area contributed by atoms with E-state index in [2.05, 4.69) is 51.2 Å². The van der Waals surface area contributed by atoms with Crippen LogP contribution >= 0.6 is 12.4 Å². The van der Waals surface area contributed by atoms with Crippen molar-refractivity contribution < 1.29 is 4.74 Å². The van der Waals surface area contributed by atoms with Gasteiger partial charge in [0.25, 0.3) is 0 Å². The fourth-order valence-corrected chi connectivity index (χ4v) is 1.64. The second kappa shape index (κ2) is 7.53. The number of halogens is 1. The molecule has 0 spiro atoms. The van der Waals surface area contributed by atoms with Gasteiger partial charge in [-0.1, -0.05) is 25.1 Å². The first kappa shape index (κ1) is 15.3. The lowest BCUT2D eigenvalue weighted by atomic mass is 10.1. The Bertz CT molecular complexity index is 295. The number of para-hydroxylation sites is 1. The van der Waals surface area contributed by atoms with Crippen molar-refractivity contribution in [2.75, 3.05) is 13.2 Å². The van der Waals surface area contributed by atoms with Crippen molar-refractivity contribution >= 4 is 12.4 Å². The van der Waals surface area contributed by atoms with Crippen LogP contribution in [0.2, 0.25) is 0 Å². The molecule has 92 valence electrons. The third-order valence-electron chi connectivity index (χ3n) is 2.44. The Morgan fingerprint density at radius 1 is 1.25 bits per heavy atom. The van der Waals surface area contributed by atoms with Crippen molar-refractivity contribution in [2.45, 2.75) is 33.7 Å². The standard InChI is InChI=1S/C13H21NO.ClH/c1-5-14-12(4)9-15-13-10(2)7-6-8-11(13)3;/h6-8,12,14H,5,9H2,1-4H3;1H/t12-;/m1./s1. The summed E-state index contributed by atoms with van der Waals surface area (Å²) in [5, 5.41) is 3.33. The van der Waals surface area contributed by atoms with Crippen molar-refractivity contribution in [3.05, 3.63) is 29.3 Å². The van der Waals surface area contributed by atoms with Gasteiger partial charge in [-0.25, -0.2) is 0 Å². The maximum absolute atomic E-state index is 5.82. The maximum Gasteiger partial charge on any atom is 0.125 e. The minimum absolute atomic E-state index is 0. The number of rotatable bonds is 5. The Kier molecular flexibility index (Phi) is 7.18. The third kappa shape index (κ3) is 4.42. The van der Waals surface area contributed by atoms with Crippen LogP contribution in [0.4, 0.5) is 0 Å².